The maximum Gasteiger partial charge on any atom is 0.223 e. The summed E-state index contributed by atoms with van der Waals surface area (Å²) in [4.78, 5) is 12.6. The topological polar surface area (TPSA) is 55.1 Å². The Hall–Kier alpha value is -1.71. The molecule has 2 fully saturated rings. The average Bonchev–Trinajstić information content (AvgIpc) is 2.89. The van der Waals surface area contributed by atoms with Crippen molar-refractivity contribution in [3.8, 4) is 0 Å². The molecule has 3 nitrogen and oxygen atoms in total. The highest BCUT2D eigenvalue weighted by atomic mass is 35.5. The first-order valence-electron chi connectivity index (χ1n) is 9.47. The summed E-state index contributed by atoms with van der Waals surface area (Å²) in [5.41, 5.74) is 8.92. The molecule has 0 unspecified atom stereocenters. The quantitative estimate of drug-likeness (QED) is 0.675. The highest BCUT2D eigenvalue weighted by Gasteiger charge is 2.52. The molecule has 0 aromatic heterocycles. The van der Waals surface area contributed by atoms with Gasteiger partial charge in [0, 0.05) is 27.7 Å². The SMILES string of the molecule is C[C@H]1C[C@H]2C(=O)N[C@H](C)[C@H]2[C@@H](c2ccc(Cl)cc2)[C@@H]1c1ccc(N)cc1Cl. The van der Waals surface area contributed by atoms with Crippen LogP contribution in [-0.2, 0) is 4.79 Å². The Bertz CT molecular complexity index is 867. The molecule has 0 spiro atoms. The van der Waals surface area contributed by atoms with Crippen molar-refractivity contribution in [2.75, 3.05) is 5.73 Å². The molecule has 1 aliphatic heterocycles. The molecule has 6 atom stereocenters. The standard InChI is InChI=1S/C22H24Cl2N2O/c1-11-9-17-20(12(2)26-22(17)27)21(13-3-5-14(23)6-4-13)19(11)16-8-7-15(25)10-18(16)24/h3-8,10-12,17,19-21H,9,25H2,1-2H3,(H,26,27)/t11-,12+,17+,19-,20+,21-/m0/s1. The van der Waals surface area contributed by atoms with Gasteiger partial charge in [-0.25, -0.2) is 0 Å². The zero-order valence-corrected chi connectivity index (χ0v) is 17.0. The second-order valence-electron chi connectivity index (χ2n) is 8.08. The Morgan fingerprint density at radius 3 is 2.41 bits per heavy atom. The van der Waals surface area contributed by atoms with Crippen molar-refractivity contribution in [1.82, 2.24) is 5.32 Å². The van der Waals surface area contributed by atoms with E-state index in [2.05, 4.69) is 37.4 Å². The Morgan fingerprint density at radius 2 is 1.74 bits per heavy atom. The van der Waals surface area contributed by atoms with E-state index >= 15 is 0 Å². The molecule has 1 saturated carbocycles. The summed E-state index contributed by atoms with van der Waals surface area (Å²) in [6.45, 7) is 4.34. The highest BCUT2D eigenvalue weighted by Crippen LogP contribution is 2.56. The molecule has 1 saturated heterocycles. The second-order valence-corrected chi connectivity index (χ2v) is 8.92. The number of hydrogen-bond donors (Lipinski definition) is 2. The lowest BCUT2D eigenvalue weighted by atomic mass is 9.58. The Morgan fingerprint density at radius 1 is 1.04 bits per heavy atom. The van der Waals surface area contributed by atoms with Crippen LogP contribution < -0.4 is 11.1 Å². The summed E-state index contributed by atoms with van der Waals surface area (Å²) in [6, 6.07) is 14.0. The van der Waals surface area contributed by atoms with E-state index in [1.165, 1.54) is 5.56 Å². The van der Waals surface area contributed by atoms with Crippen LogP contribution in [0.2, 0.25) is 10.0 Å². The minimum Gasteiger partial charge on any atom is -0.399 e. The van der Waals surface area contributed by atoms with E-state index in [0.29, 0.717) is 16.6 Å². The van der Waals surface area contributed by atoms with Crippen LogP contribution in [0.1, 0.15) is 43.2 Å². The van der Waals surface area contributed by atoms with Gasteiger partial charge in [0.15, 0.2) is 0 Å². The van der Waals surface area contributed by atoms with Crippen LogP contribution in [0, 0.1) is 17.8 Å². The van der Waals surface area contributed by atoms with Gasteiger partial charge in [0.1, 0.15) is 0 Å². The zero-order chi connectivity index (χ0) is 19.3. The van der Waals surface area contributed by atoms with Crippen LogP contribution in [0.5, 0.6) is 0 Å². The van der Waals surface area contributed by atoms with E-state index in [9.17, 15) is 4.79 Å². The van der Waals surface area contributed by atoms with E-state index in [1.807, 2.05) is 24.3 Å². The van der Waals surface area contributed by atoms with E-state index in [-0.39, 0.29) is 35.6 Å². The summed E-state index contributed by atoms with van der Waals surface area (Å²) >= 11 is 12.8. The number of fused-ring (bicyclic) bond motifs is 1. The third-order valence-electron chi connectivity index (χ3n) is 6.43. The number of hydrogen-bond acceptors (Lipinski definition) is 2. The number of nitrogen functional groups attached to an aromatic ring is 1. The highest BCUT2D eigenvalue weighted by molar-refractivity contribution is 6.31. The monoisotopic (exact) mass is 402 g/mol. The van der Waals surface area contributed by atoms with Crippen molar-refractivity contribution in [2.24, 2.45) is 17.8 Å². The van der Waals surface area contributed by atoms with Gasteiger partial charge >= 0.3 is 0 Å². The number of nitrogens with two attached hydrogens (primary N) is 1. The third-order valence-corrected chi connectivity index (χ3v) is 7.01. The normalized spacial score (nSPS) is 32.8. The molecule has 1 amide bonds. The predicted octanol–water partition coefficient (Wildman–Crippen LogP) is 5.23. The van der Waals surface area contributed by atoms with Gasteiger partial charge in [0.25, 0.3) is 0 Å². The number of nitrogens with one attached hydrogen (secondary N) is 1. The molecule has 2 aromatic carbocycles. The minimum atomic E-state index is 0.0412. The van der Waals surface area contributed by atoms with Crippen LogP contribution in [0.4, 0.5) is 5.69 Å². The van der Waals surface area contributed by atoms with E-state index < -0.39 is 0 Å². The van der Waals surface area contributed by atoms with Crippen LogP contribution in [0.3, 0.4) is 0 Å². The fourth-order valence-corrected chi connectivity index (χ4v) is 5.79. The van der Waals surface area contributed by atoms with Crippen LogP contribution in [-0.4, -0.2) is 11.9 Å². The maximum atomic E-state index is 12.6. The molecule has 5 heteroatoms. The second kappa shape index (κ2) is 7.03. The van der Waals surface area contributed by atoms with Crippen LogP contribution in [0.15, 0.2) is 42.5 Å². The number of anilines is 1. The smallest absolute Gasteiger partial charge is 0.223 e. The van der Waals surface area contributed by atoms with Crippen LogP contribution in [0.25, 0.3) is 0 Å². The lowest BCUT2D eigenvalue weighted by Gasteiger charge is -2.45. The van der Waals surface area contributed by atoms with E-state index in [4.69, 9.17) is 28.9 Å². The van der Waals surface area contributed by atoms with Gasteiger partial charge in [-0.3, -0.25) is 4.79 Å². The van der Waals surface area contributed by atoms with Crippen molar-refractivity contribution < 1.29 is 4.79 Å². The Balaban J connectivity index is 1.86. The van der Waals surface area contributed by atoms with Gasteiger partial charge in [-0.05, 0) is 72.4 Å². The molecule has 2 aliphatic rings. The number of halogens is 2. The van der Waals surface area contributed by atoms with Crippen molar-refractivity contribution in [3.63, 3.8) is 0 Å². The van der Waals surface area contributed by atoms with Crippen molar-refractivity contribution in [2.45, 2.75) is 38.1 Å². The summed E-state index contributed by atoms with van der Waals surface area (Å²) in [5.74, 6) is 1.18. The van der Waals surface area contributed by atoms with E-state index in [0.717, 1.165) is 17.0 Å². The number of rotatable bonds is 2. The first kappa shape index (κ1) is 18.6. The summed E-state index contributed by atoms with van der Waals surface area (Å²) in [5, 5.41) is 4.59. The molecule has 4 rings (SSSR count). The molecule has 27 heavy (non-hydrogen) atoms. The fourth-order valence-electron chi connectivity index (χ4n) is 5.35. The number of carbonyl (C=O) groups is 1. The number of carbonyl (C=O) groups excluding carboxylic acids is 1. The molecule has 1 heterocycles. The van der Waals surface area contributed by atoms with Gasteiger partial charge in [-0.1, -0.05) is 48.3 Å². The van der Waals surface area contributed by atoms with Crippen LogP contribution >= 0.6 is 23.2 Å². The molecule has 0 bridgehead atoms. The molecular formula is C22H24Cl2N2O. The first-order chi connectivity index (χ1) is 12.9. The maximum absolute atomic E-state index is 12.6. The summed E-state index contributed by atoms with van der Waals surface area (Å²) in [7, 11) is 0. The third kappa shape index (κ3) is 3.21. The lowest BCUT2D eigenvalue weighted by Crippen LogP contribution is -2.39. The molecule has 1 aliphatic carbocycles. The summed E-state index contributed by atoms with van der Waals surface area (Å²) < 4.78 is 0. The average molecular weight is 403 g/mol. The molecular weight excluding hydrogens is 379 g/mol. The lowest BCUT2D eigenvalue weighted by molar-refractivity contribution is -0.124. The zero-order valence-electron chi connectivity index (χ0n) is 15.5. The Kier molecular flexibility index (Phi) is 4.85. The Labute approximate surface area is 170 Å². The van der Waals surface area contributed by atoms with Crippen molar-refractivity contribution >= 4 is 34.8 Å². The number of benzene rings is 2. The minimum absolute atomic E-state index is 0.0412. The fraction of sp³-hybridized carbons (Fsp3) is 0.409. The predicted molar refractivity (Wildman–Crippen MR) is 111 cm³/mol. The molecule has 2 aromatic rings. The largest absolute Gasteiger partial charge is 0.399 e. The first-order valence-corrected chi connectivity index (χ1v) is 10.2. The molecule has 3 N–H and O–H groups in total. The molecule has 142 valence electrons. The van der Waals surface area contributed by atoms with Crippen molar-refractivity contribution in [3.05, 3.63) is 63.6 Å². The van der Waals surface area contributed by atoms with Gasteiger partial charge in [0.2, 0.25) is 5.91 Å². The van der Waals surface area contributed by atoms with Crippen molar-refractivity contribution in [1.29, 1.82) is 0 Å². The van der Waals surface area contributed by atoms with Gasteiger partial charge in [-0.15, -0.1) is 0 Å². The van der Waals surface area contributed by atoms with Gasteiger partial charge < -0.3 is 11.1 Å². The summed E-state index contributed by atoms with van der Waals surface area (Å²) in [6.07, 6.45) is 0.871. The van der Waals surface area contributed by atoms with Gasteiger partial charge in [-0.2, -0.15) is 0 Å². The number of amides is 1. The molecule has 0 radical (unpaired) electrons. The van der Waals surface area contributed by atoms with Gasteiger partial charge in [0.05, 0.1) is 0 Å². The van der Waals surface area contributed by atoms with E-state index in [1.54, 1.807) is 0 Å².